The van der Waals surface area contributed by atoms with Gasteiger partial charge in [-0.25, -0.2) is 0 Å². The number of rotatable bonds is 3. The van der Waals surface area contributed by atoms with Crippen LogP contribution in [0.1, 0.15) is 0 Å². The fourth-order valence-corrected chi connectivity index (χ4v) is 2.16. The van der Waals surface area contributed by atoms with Crippen molar-refractivity contribution in [2.24, 2.45) is 0 Å². The highest BCUT2D eigenvalue weighted by atomic mass is 31.1. The molecule has 2 nitrogen and oxygen atoms in total. The standard InChI is InChI=1S/C12H11O2P/c13-15(12-9-5-2-6-10-12)14-11-7-3-1-4-8-11/h1-10,15H. The summed E-state index contributed by atoms with van der Waals surface area (Å²) < 4.78 is 17.1. The Hall–Kier alpha value is -1.53. The van der Waals surface area contributed by atoms with Crippen molar-refractivity contribution in [2.45, 2.75) is 0 Å². The van der Waals surface area contributed by atoms with Crippen molar-refractivity contribution < 1.29 is 9.09 Å². The first-order valence-corrected chi connectivity index (χ1v) is 6.00. The Morgan fingerprint density at radius 2 is 1.33 bits per heavy atom. The Labute approximate surface area is 89.4 Å². The molecule has 0 amide bonds. The monoisotopic (exact) mass is 218 g/mol. The lowest BCUT2D eigenvalue weighted by atomic mass is 10.3. The van der Waals surface area contributed by atoms with Gasteiger partial charge in [0.15, 0.2) is 0 Å². The molecule has 0 N–H and O–H groups in total. The minimum atomic E-state index is -2.17. The quantitative estimate of drug-likeness (QED) is 0.740. The predicted molar refractivity (Wildman–Crippen MR) is 62.1 cm³/mol. The van der Waals surface area contributed by atoms with E-state index in [1.165, 1.54) is 0 Å². The first-order chi connectivity index (χ1) is 7.36. The van der Waals surface area contributed by atoms with Crippen LogP contribution in [-0.4, -0.2) is 0 Å². The molecule has 0 spiro atoms. The maximum absolute atomic E-state index is 11.8. The molecule has 0 aromatic heterocycles. The van der Waals surface area contributed by atoms with Crippen molar-refractivity contribution in [2.75, 3.05) is 0 Å². The van der Waals surface area contributed by atoms with Crippen LogP contribution in [0.4, 0.5) is 0 Å². The van der Waals surface area contributed by atoms with Crippen LogP contribution in [0.2, 0.25) is 0 Å². The number of benzene rings is 2. The zero-order valence-corrected chi connectivity index (χ0v) is 9.09. The zero-order valence-electron chi connectivity index (χ0n) is 8.09. The van der Waals surface area contributed by atoms with Gasteiger partial charge in [-0.15, -0.1) is 0 Å². The molecule has 0 radical (unpaired) electrons. The molecular weight excluding hydrogens is 207 g/mol. The molecule has 0 bridgehead atoms. The van der Waals surface area contributed by atoms with E-state index in [0.29, 0.717) is 5.75 Å². The second-order valence-corrected chi connectivity index (χ2v) is 4.42. The highest BCUT2D eigenvalue weighted by molar-refractivity contribution is 7.48. The summed E-state index contributed by atoms with van der Waals surface area (Å²) in [6.07, 6.45) is 0. The highest BCUT2D eigenvalue weighted by Crippen LogP contribution is 2.25. The third-order valence-electron chi connectivity index (χ3n) is 1.96. The summed E-state index contributed by atoms with van der Waals surface area (Å²) in [6, 6.07) is 18.4. The van der Waals surface area contributed by atoms with Gasteiger partial charge in [0.05, 0.1) is 0 Å². The van der Waals surface area contributed by atoms with E-state index in [1.54, 1.807) is 12.1 Å². The van der Waals surface area contributed by atoms with Gasteiger partial charge in [-0.3, -0.25) is 4.57 Å². The van der Waals surface area contributed by atoms with Gasteiger partial charge in [0, 0.05) is 5.30 Å². The molecule has 1 unspecified atom stereocenters. The molecule has 2 rings (SSSR count). The van der Waals surface area contributed by atoms with Crippen molar-refractivity contribution in [1.29, 1.82) is 0 Å². The van der Waals surface area contributed by atoms with Crippen LogP contribution in [0.5, 0.6) is 5.75 Å². The smallest absolute Gasteiger partial charge is 0.265 e. The Bertz CT molecular complexity index is 440. The Morgan fingerprint density at radius 1 is 0.800 bits per heavy atom. The van der Waals surface area contributed by atoms with E-state index in [4.69, 9.17) is 4.52 Å². The van der Waals surface area contributed by atoms with Crippen LogP contribution in [0.25, 0.3) is 0 Å². The van der Waals surface area contributed by atoms with Crippen LogP contribution < -0.4 is 9.83 Å². The summed E-state index contributed by atoms with van der Waals surface area (Å²) in [6.45, 7) is 0. The molecule has 0 saturated heterocycles. The van der Waals surface area contributed by atoms with Gasteiger partial charge in [-0.1, -0.05) is 36.4 Å². The van der Waals surface area contributed by atoms with Gasteiger partial charge in [0.2, 0.25) is 0 Å². The fourth-order valence-electron chi connectivity index (χ4n) is 1.23. The third kappa shape index (κ3) is 2.71. The van der Waals surface area contributed by atoms with Crippen LogP contribution in [0.15, 0.2) is 60.7 Å². The molecule has 0 heterocycles. The molecule has 3 heteroatoms. The molecule has 0 aliphatic carbocycles. The maximum Gasteiger partial charge on any atom is 0.265 e. The average molecular weight is 218 g/mol. The van der Waals surface area contributed by atoms with Crippen LogP contribution in [0, 0.1) is 0 Å². The van der Waals surface area contributed by atoms with E-state index in [-0.39, 0.29) is 0 Å². The van der Waals surface area contributed by atoms with E-state index in [2.05, 4.69) is 0 Å². The normalized spacial score (nSPS) is 12.0. The Kier molecular flexibility index (Phi) is 3.21. The first-order valence-electron chi connectivity index (χ1n) is 4.68. The molecule has 2 aromatic rings. The van der Waals surface area contributed by atoms with Crippen LogP contribution in [0.3, 0.4) is 0 Å². The Balaban J connectivity index is 2.12. The minimum Gasteiger partial charge on any atom is -0.442 e. The van der Waals surface area contributed by atoms with Gasteiger partial charge in [-0.2, -0.15) is 0 Å². The average Bonchev–Trinajstić information content (AvgIpc) is 2.31. The number of hydrogen-bond donors (Lipinski definition) is 0. The second-order valence-electron chi connectivity index (χ2n) is 3.07. The lowest BCUT2D eigenvalue weighted by Gasteiger charge is -2.05. The van der Waals surface area contributed by atoms with Crippen molar-refractivity contribution >= 4 is 13.3 Å². The molecule has 76 valence electrons. The second kappa shape index (κ2) is 4.81. The zero-order chi connectivity index (χ0) is 10.5. The SMILES string of the molecule is O=[PH](Oc1ccccc1)c1ccccc1. The lowest BCUT2D eigenvalue weighted by molar-refractivity contribution is 0.514. The molecule has 1 atom stereocenters. The summed E-state index contributed by atoms with van der Waals surface area (Å²) >= 11 is 0. The summed E-state index contributed by atoms with van der Waals surface area (Å²) in [4.78, 5) is 0. The molecule has 0 fully saturated rings. The summed E-state index contributed by atoms with van der Waals surface area (Å²) in [5.74, 6) is 0.644. The van der Waals surface area contributed by atoms with E-state index >= 15 is 0 Å². The molecule has 0 aliphatic heterocycles. The number of para-hydroxylation sites is 1. The topological polar surface area (TPSA) is 26.3 Å². The fraction of sp³-hybridized carbons (Fsp3) is 0. The van der Waals surface area contributed by atoms with Crippen LogP contribution >= 0.6 is 8.03 Å². The van der Waals surface area contributed by atoms with Gasteiger partial charge in [0.25, 0.3) is 8.03 Å². The third-order valence-corrected chi connectivity index (χ3v) is 3.19. The predicted octanol–water partition coefficient (Wildman–Crippen LogP) is 2.87. The van der Waals surface area contributed by atoms with Crippen LogP contribution in [-0.2, 0) is 4.57 Å². The number of hydrogen-bond acceptors (Lipinski definition) is 2. The summed E-state index contributed by atoms with van der Waals surface area (Å²) in [5.41, 5.74) is 0. The maximum atomic E-state index is 11.8. The largest absolute Gasteiger partial charge is 0.442 e. The van der Waals surface area contributed by atoms with E-state index in [0.717, 1.165) is 5.30 Å². The van der Waals surface area contributed by atoms with Gasteiger partial charge in [-0.05, 0) is 24.3 Å². The van der Waals surface area contributed by atoms with E-state index < -0.39 is 8.03 Å². The molecule has 0 aliphatic rings. The summed E-state index contributed by atoms with van der Waals surface area (Å²) in [7, 11) is -2.17. The lowest BCUT2D eigenvalue weighted by Crippen LogP contribution is -1.98. The van der Waals surface area contributed by atoms with Gasteiger partial charge >= 0.3 is 0 Å². The summed E-state index contributed by atoms with van der Waals surface area (Å²) in [5, 5.41) is 0.742. The first kappa shape index (κ1) is 10.0. The molecule has 15 heavy (non-hydrogen) atoms. The van der Waals surface area contributed by atoms with Gasteiger partial charge < -0.3 is 4.52 Å². The highest BCUT2D eigenvalue weighted by Gasteiger charge is 2.03. The van der Waals surface area contributed by atoms with Crippen molar-refractivity contribution in [3.8, 4) is 5.75 Å². The van der Waals surface area contributed by atoms with Crippen molar-refractivity contribution in [3.05, 3.63) is 60.7 Å². The van der Waals surface area contributed by atoms with Gasteiger partial charge in [0.1, 0.15) is 5.75 Å². The molecular formula is C12H11O2P. The Morgan fingerprint density at radius 3 is 1.93 bits per heavy atom. The van der Waals surface area contributed by atoms with Crippen molar-refractivity contribution in [1.82, 2.24) is 0 Å². The van der Waals surface area contributed by atoms with E-state index in [1.807, 2.05) is 48.5 Å². The molecule has 2 aromatic carbocycles. The molecule has 0 saturated carbocycles. The van der Waals surface area contributed by atoms with E-state index in [9.17, 15) is 4.57 Å². The van der Waals surface area contributed by atoms with Crippen molar-refractivity contribution in [3.63, 3.8) is 0 Å². The minimum absolute atomic E-state index is 0.644.